The van der Waals surface area contributed by atoms with Crippen molar-refractivity contribution in [2.75, 3.05) is 38.3 Å². The molecule has 0 atom stereocenters. The summed E-state index contributed by atoms with van der Waals surface area (Å²) in [4.78, 5) is 42.4. The van der Waals surface area contributed by atoms with Crippen molar-refractivity contribution in [3.63, 3.8) is 0 Å². The molecule has 42 heavy (non-hydrogen) atoms. The lowest BCUT2D eigenvalue weighted by atomic mass is 10.1. The molecule has 0 spiro atoms. The Morgan fingerprint density at radius 1 is 1.10 bits per heavy atom. The second-order valence-corrected chi connectivity index (χ2v) is 10.1. The van der Waals surface area contributed by atoms with E-state index in [2.05, 4.69) is 21.3 Å². The molecule has 5 rings (SSSR count). The van der Waals surface area contributed by atoms with Crippen LogP contribution in [0.4, 0.5) is 5.82 Å². The first-order valence-corrected chi connectivity index (χ1v) is 13.8. The van der Waals surface area contributed by atoms with Gasteiger partial charge >= 0.3 is 0 Å². The Balaban J connectivity index is 1.46. The Kier molecular flexibility index (Phi) is 8.86. The van der Waals surface area contributed by atoms with Gasteiger partial charge in [0.2, 0.25) is 5.91 Å². The number of carbonyl (C=O) groups excluding carboxylic acids is 2. The highest BCUT2D eigenvalue weighted by Crippen LogP contribution is 2.29. The largest absolute Gasteiger partial charge is 0.378 e. The van der Waals surface area contributed by atoms with Gasteiger partial charge in [-0.15, -0.1) is 0 Å². The number of morpholine rings is 1. The summed E-state index contributed by atoms with van der Waals surface area (Å²) in [5, 5.41) is 8.64. The molecule has 0 saturated carbocycles. The van der Waals surface area contributed by atoms with E-state index in [9.17, 15) is 9.59 Å². The van der Waals surface area contributed by atoms with Crippen LogP contribution in [-0.4, -0.2) is 74.8 Å². The zero-order chi connectivity index (χ0) is 29.6. The predicted molar refractivity (Wildman–Crippen MR) is 159 cm³/mol. The number of aromatic nitrogens is 4. The van der Waals surface area contributed by atoms with Crippen LogP contribution in [0.2, 0.25) is 0 Å². The van der Waals surface area contributed by atoms with Crippen LogP contribution in [0.25, 0.3) is 28.6 Å². The minimum absolute atomic E-state index is 0.398. The van der Waals surface area contributed by atoms with E-state index in [-0.39, 0.29) is 0 Å². The van der Waals surface area contributed by atoms with Crippen molar-refractivity contribution in [3.8, 4) is 11.4 Å². The average Bonchev–Trinajstić information content (AvgIpc) is 3.37. The predicted octanol–water partition coefficient (Wildman–Crippen LogP) is 2.60. The van der Waals surface area contributed by atoms with E-state index < -0.39 is 11.8 Å². The van der Waals surface area contributed by atoms with E-state index in [4.69, 9.17) is 30.6 Å². The first-order valence-electron chi connectivity index (χ1n) is 13.8. The maximum Gasteiger partial charge on any atom is 0.267 e. The number of nitrogens with zero attached hydrogens (tertiary/aromatic N) is 6. The van der Waals surface area contributed by atoms with Crippen molar-refractivity contribution < 1.29 is 19.5 Å². The highest BCUT2D eigenvalue weighted by Gasteiger charge is 2.24. The number of anilines is 1. The zero-order valence-electron chi connectivity index (χ0n) is 23.7. The van der Waals surface area contributed by atoms with Crippen molar-refractivity contribution >= 4 is 34.9 Å². The molecule has 12 nitrogen and oxygen atoms in total. The molecule has 0 unspecified atom stereocenters. The first-order chi connectivity index (χ1) is 20.4. The Morgan fingerprint density at radius 3 is 2.55 bits per heavy atom. The van der Waals surface area contributed by atoms with Crippen molar-refractivity contribution in [1.29, 1.82) is 0 Å². The number of carbonyl (C=O) groups is 2. The molecule has 4 N–H and O–H groups in total. The standard InChI is InChI=1S/C30H34N8O4/c1-3-38-24(19-36(2)18-21-9-7-20(8-10-21)11-12-25(39)35-41)32-26-29(37-13-15-42-16-14-37)33-28(34-30(26)38)23-6-4-5-22(17-23)27(31)40/h4-12,17,41H,3,13-16,18-19H2,1-2H3,(H2,31,40)(H,35,39)/b12-11+. The number of nitrogens with two attached hydrogens (primary N) is 1. The van der Waals surface area contributed by atoms with Gasteiger partial charge in [0, 0.05) is 43.4 Å². The van der Waals surface area contributed by atoms with E-state index in [1.54, 1.807) is 29.8 Å². The van der Waals surface area contributed by atoms with Crippen LogP contribution in [0.5, 0.6) is 0 Å². The lowest BCUT2D eigenvalue weighted by molar-refractivity contribution is -0.124. The summed E-state index contributed by atoms with van der Waals surface area (Å²) in [5.74, 6) is 1.04. The van der Waals surface area contributed by atoms with Crippen LogP contribution in [0, 0.1) is 0 Å². The highest BCUT2D eigenvalue weighted by molar-refractivity contribution is 5.94. The molecule has 1 saturated heterocycles. The molecule has 12 heteroatoms. The molecule has 0 aliphatic carbocycles. The third-order valence-electron chi connectivity index (χ3n) is 7.07. The van der Waals surface area contributed by atoms with Crippen LogP contribution in [0.15, 0.2) is 54.6 Å². The van der Waals surface area contributed by atoms with E-state index in [1.807, 2.05) is 37.4 Å². The second-order valence-electron chi connectivity index (χ2n) is 10.1. The summed E-state index contributed by atoms with van der Waals surface area (Å²) >= 11 is 0. The maximum atomic E-state index is 11.8. The molecule has 1 aliphatic rings. The van der Waals surface area contributed by atoms with Gasteiger partial charge in [-0.05, 0) is 43.3 Å². The van der Waals surface area contributed by atoms with E-state index >= 15 is 0 Å². The summed E-state index contributed by atoms with van der Waals surface area (Å²) in [7, 11) is 2.04. The van der Waals surface area contributed by atoms with Gasteiger partial charge in [0.1, 0.15) is 5.82 Å². The number of nitrogens with one attached hydrogen (secondary N) is 1. The molecule has 3 heterocycles. The maximum absolute atomic E-state index is 11.8. The zero-order valence-corrected chi connectivity index (χ0v) is 23.7. The molecule has 2 aromatic heterocycles. The van der Waals surface area contributed by atoms with Gasteiger partial charge in [-0.2, -0.15) is 0 Å². The smallest absolute Gasteiger partial charge is 0.267 e. The first kappa shape index (κ1) is 28.9. The minimum atomic E-state index is -0.578. The Bertz CT molecular complexity index is 1610. The molecule has 1 fully saturated rings. The lowest BCUT2D eigenvalue weighted by Gasteiger charge is -2.28. The van der Waals surface area contributed by atoms with Crippen LogP contribution in [0.3, 0.4) is 0 Å². The molecule has 0 bridgehead atoms. The van der Waals surface area contributed by atoms with Crippen molar-refractivity contribution in [1.82, 2.24) is 29.9 Å². The quantitative estimate of drug-likeness (QED) is 0.148. The number of hydrogen-bond acceptors (Lipinski definition) is 9. The van der Waals surface area contributed by atoms with Gasteiger partial charge in [0.25, 0.3) is 5.91 Å². The fourth-order valence-corrected chi connectivity index (χ4v) is 4.97. The molecular formula is C30H34N8O4. The normalized spacial score (nSPS) is 13.8. The van der Waals surface area contributed by atoms with Crippen molar-refractivity contribution in [2.24, 2.45) is 5.73 Å². The summed E-state index contributed by atoms with van der Waals surface area (Å²) in [6, 6.07) is 14.9. The summed E-state index contributed by atoms with van der Waals surface area (Å²) < 4.78 is 7.70. The van der Waals surface area contributed by atoms with Gasteiger partial charge in [-0.3, -0.25) is 19.7 Å². The Labute approximate surface area is 243 Å². The minimum Gasteiger partial charge on any atom is -0.378 e. The van der Waals surface area contributed by atoms with Gasteiger partial charge in [-0.1, -0.05) is 36.4 Å². The van der Waals surface area contributed by atoms with Gasteiger partial charge in [-0.25, -0.2) is 20.4 Å². The fraction of sp³-hybridized carbons (Fsp3) is 0.300. The van der Waals surface area contributed by atoms with Crippen LogP contribution < -0.4 is 16.1 Å². The van der Waals surface area contributed by atoms with Crippen molar-refractivity contribution in [2.45, 2.75) is 26.6 Å². The summed E-state index contributed by atoms with van der Waals surface area (Å²) in [5.41, 5.74) is 11.7. The molecule has 2 amide bonds. The molecular weight excluding hydrogens is 536 g/mol. The summed E-state index contributed by atoms with van der Waals surface area (Å²) in [6.07, 6.45) is 2.90. The van der Waals surface area contributed by atoms with Gasteiger partial charge in [0.15, 0.2) is 22.8 Å². The average molecular weight is 571 g/mol. The SMILES string of the molecule is CCn1c(CN(C)Cc2ccc(/C=C/C(=O)NO)cc2)nc2c(N3CCOCC3)nc(-c3cccc(C(N)=O)c3)nc21. The number of rotatable bonds is 10. The number of hydrogen-bond donors (Lipinski definition) is 3. The van der Waals surface area contributed by atoms with Gasteiger partial charge < -0.3 is 19.9 Å². The summed E-state index contributed by atoms with van der Waals surface area (Å²) in [6.45, 7) is 6.59. The Morgan fingerprint density at radius 2 is 1.86 bits per heavy atom. The number of imidazole rings is 1. The van der Waals surface area contributed by atoms with Crippen molar-refractivity contribution in [3.05, 3.63) is 77.1 Å². The second kappa shape index (κ2) is 12.9. The van der Waals surface area contributed by atoms with E-state index in [0.717, 1.165) is 33.9 Å². The fourth-order valence-electron chi connectivity index (χ4n) is 4.97. The molecule has 0 radical (unpaired) electrons. The molecule has 218 valence electrons. The molecule has 2 aromatic carbocycles. The molecule has 1 aliphatic heterocycles. The van der Waals surface area contributed by atoms with Crippen LogP contribution in [0.1, 0.15) is 34.2 Å². The number of amides is 2. The number of hydroxylamine groups is 1. The van der Waals surface area contributed by atoms with Crippen LogP contribution >= 0.6 is 0 Å². The van der Waals surface area contributed by atoms with Crippen LogP contribution in [-0.2, 0) is 29.2 Å². The van der Waals surface area contributed by atoms with E-state index in [0.29, 0.717) is 62.9 Å². The molecule has 4 aromatic rings. The Hall–Kier alpha value is -4.65. The number of aryl methyl sites for hydroxylation is 1. The number of ether oxygens (including phenoxy) is 1. The van der Waals surface area contributed by atoms with Gasteiger partial charge in [0.05, 0.1) is 19.8 Å². The highest BCUT2D eigenvalue weighted by atomic mass is 16.5. The number of fused-ring (bicyclic) bond motifs is 1. The third kappa shape index (κ3) is 6.46. The number of primary amides is 1. The third-order valence-corrected chi connectivity index (χ3v) is 7.07. The number of benzene rings is 2. The monoisotopic (exact) mass is 570 g/mol. The topological polar surface area (TPSA) is 152 Å². The van der Waals surface area contributed by atoms with E-state index in [1.165, 1.54) is 6.08 Å². The lowest BCUT2D eigenvalue weighted by Crippen LogP contribution is -2.37.